The lowest BCUT2D eigenvalue weighted by atomic mass is 10.00. The molecule has 0 bridgehead atoms. The lowest BCUT2D eigenvalue weighted by Crippen LogP contribution is -2.55. The van der Waals surface area contributed by atoms with Gasteiger partial charge in [0.25, 0.3) is 11.8 Å². The zero-order valence-corrected chi connectivity index (χ0v) is 16.8. The van der Waals surface area contributed by atoms with E-state index in [9.17, 15) is 19.5 Å². The average molecular weight is 428 g/mol. The standard InChI is InChI=1S/C21H24N4O6/c1-13(27)18(20(29)24-31)23-19(28)16-8-6-14(7-9-16)4-2-3-5-15-10-25(11-15)21(30)17(22)12-26/h6-9,13,15,17-18,26-27,31H,10-12,22H2,1H3,(H,23,28)(H,24,29)/t13-,17+,18+/m1/s1. The predicted molar refractivity (Wildman–Crippen MR) is 109 cm³/mol. The van der Waals surface area contributed by atoms with Gasteiger partial charge in [0.15, 0.2) is 0 Å². The fourth-order valence-electron chi connectivity index (χ4n) is 2.71. The van der Waals surface area contributed by atoms with Gasteiger partial charge in [0.2, 0.25) is 5.91 Å². The number of amides is 3. The van der Waals surface area contributed by atoms with E-state index in [0.717, 1.165) is 0 Å². The first-order chi connectivity index (χ1) is 14.8. The summed E-state index contributed by atoms with van der Waals surface area (Å²) in [6.07, 6.45) is -1.20. The molecule has 31 heavy (non-hydrogen) atoms. The van der Waals surface area contributed by atoms with Gasteiger partial charge in [-0.1, -0.05) is 11.8 Å². The van der Waals surface area contributed by atoms with Crippen LogP contribution < -0.4 is 16.5 Å². The van der Waals surface area contributed by atoms with Crippen molar-refractivity contribution in [3.8, 4) is 23.7 Å². The summed E-state index contributed by atoms with van der Waals surface area (Å²) in [5, 5.41) is 29.5. The third-order valence-corrected chi connectivity index (χ3v) is 4.56. The van der Waals surface area contributed by atoms with Gasteiger partial charge in [-0.2, -0.15) is 0 Å². The van der Waals surface area contributed by atoms with E-state index < -0.39 is 36.6 Å². The zero-order chi connectivity index (χ0) is 23.0. The number of likely N-dealkylation sites (tertiary alicyclic amines) is 1. The van der Waals surface area contributed by atoms with Crippen molar-refractivity contribution in [2.24, 2.45) is 11.7 Å². The van der Waals surface area contributed by atoms with Crippen LogP contribution >= 0.6 is 0 Å². The summed E-state index contributed by atoms with van der Waals surface area (Å²) >= 11 is 0. The van der Waals surface area contributed by atoms with Gasteiger partial charge in [-0.05, 0) is 43.0 Å². The molecule has 0 aromatic heterocycles. The predicted octanol–water partition coefficient (Wildman–Crippen LogP) is -2.20. The second kappa shape index (κ2) is 11.1. The van der Waals surface area contributed by atoms with Crippen molar-refractivity contribution in [1.29, 1.82) is 0 Å². The molecule has 0 radical (unpaired) electrons. The Morgan fingerprint density at radius 1 is 1.23 bits per heavy atom. The van der Waals surface area contributed by atoms with Crippen LogP contribution in [0.2, 0.25) is 0 Å². The number of nitrogens with zero attached hydrogens (tertiary/aromatic N) is 1. The quantitative estimate of drug-likeness (QED) is 0.170. The Morgan fingerprint density at radius 3 is 2.42 bits per heavy atom. The van der Waals surface area contributed by atoms with Crippen LogP contribution in [0, 0.1) is 29.6 Å². The van der Waals surface area contributed by atoms with Gasteiger partial charge >= 0.3 is 0 Å². The van der Waals surface area contributed by atoms with Crippen LogP contribution in [0.25, 0.3) is 0 Å². The number of hydrogen-bond donors (Lipinski definition) is 6. The van der Waals surface area contributed by atoms with Crippen LogP contribution in [0.1, 0.15) is 22.8 Å². The maximum absolute atomic E-state index is 12.2. The number of aliphatic hydroxyl groups excluding tert-OH is 2. The normalized spacial score (nSPS) is 15.7. The SMILES string of the molecule is C[C@@H](O)[C@H](NC(=O)c1ccc(C#CC#CC2CN(C(=O)[C@@H](N)CO)C2)cc1)C(=O)NO. The smallest absolute Gasteiger partial charge is 0.268 e. The number of nitrogens with one attached hydrogen (secondary N) is 2. The molecule has 1 aromatic carbocycles. The topological polar surface area (TPSA) is 165 Å². The lowest BCUT2D eigenvalue weighted by molar-refractivity contribution is -0.138. The maximum Gasteiger partial charge on any atom is 0.268 e. The summed E-state index contributed by atoms with van der Waals surface area (Å²) in [5.74, 6) is 9.39. The Kier molecular flexibility index (Phi) is 8.55. The van der Waals surface area contributed by atoms with Gasteiger partial charge in [0.1, 0.15) is 12.1 Å². The molecule has 10 heteroatoms. The minimum absolute atomic E-state index is 0.00759. The fourth-order valence-corrected chi connectivity index (χ4v) is 2.71. The number of nitrogens with two attached hydrogens (primary N) is 1. The van der Waals surface area contributed by atoms with Crippen LogP contribution in [-0.2, 0) is 9.59 Å². The van der Waals surface area contributed by atoms with Gasteiger partial charge in [-0.15, -0.1) is 0 Å². The summed E-state index contributed by atoms with van der Waals surface area (Å²) < 4.78 is 0. The van der Waals surface area contributed by atoms with Crippen LogP contribution in [-0.4, -0.2) is 75.9 Å². The molecule has 1 aliphatic rings. The summed E-state index contributed by atoms with van der Waals surface area (Å²) in [6.45, 7) is 1.82. The highest BCUT2D eigenvalue weighted by atomic mass is 16.5. The summed E-state index contributed by atoms with van der Waals surface area (Å²) in [7, 11) is 0. The number of hydroxylamine groups is 1. The molecule has 0 saturated carbocycles. The Balaban J connectivity index is 1.89. The van der Waals surface area contributed by atoms with E-state index in [0.29, 0.717) is 18.7 Å². The van der Waals surface area contributed by atoms with Gasteiger partial charge < -0.3 is 26.2 Å². The average Bonchev–Trinajstić information content (AvgIpc) is 2.74. The molecule has 164 valence electrons. The summed E-state index contributed by atoms with van der Waals surface area (Å²) in [6, 6.07) is 4.01. The van der Waals surface area contributed by atoms with Gasteiger partial charge in [0, 0.05) is 24.2 Å². The molecule has 2 rings (SSSR count). The number of carbonyl (C=O) groups excluding carboxylic acids is 3. The summed E-state index contributed by atoms with van der Waals surface area (Å²) in [5.41, 5.74) is 7.73. The maximum atomic E-state index is 12.2. The van der Waals surface area contributed by atoms with E-state index in [4.69, 9.17) is 16.0 Å². The second-order valence-corrected chi connectivity index (χ2v) is 6.99. The van der Waals surface area contributed by atoms with Crippen LogP contribution in [0.4, 0.5) is 0 Å². The van der Waals surface area contributed by atoms with Crippen molar-refractivity contribution < 1.29 is 29.8 Å². The molecule has 1 heterocycles. The molecule has 0 unspecified atom stereocenters. The minimum atomic E-state index is -1.30. The third-order valence-electron chi connectivity index (χ3n) is 4.56. The highest BCUT2D eigenvalue weighted by Gasteiger charge is 2.31. The van der Waals surface area contributed by atoms with Crippen molar-refractivity contribution in [3.05, 3.63) is 35.4 Å². The molecule has 7 N–H and O–H groups in total. The molecule has 0 aliphatic carbocycles. The first-order valence-electron chi connectivity index (χ1n) is 9.46. The van der Waals surface area contributed by atoms with Crippen LogP contribution in [0.5, 0.6) is 0 Å². The Hall–Kier alpha value is -3.41. The largest absolute Gasteiger partial charge is 0.394 e. The van der Waals surface area contributed by atoms with E-state index in [1.807, 2.05) is 0 Å². The molecular weight excluding hydrogens is 404 g/mol. The first kappa shape index (κ1) is 23.9. The van der Waals surface area contributed by atoms with Gasteiger partial charge in [-0.3, -0.25) is 19.6 Å². The van der Waals surface area contributed by atoms with Crippen molar-refractivity contribution in [3.63, 3.8) is 0 Å². The highest BCUT2D eigenvalue weighted by molar-refractivity contribution is 5.97. The highest BCUT2D eigenvalue weighted by Crippen LogP contribution is 2.15. The molecule has 1 fully saturated rings. The molecule has 1 aromatic rings. The number of benzene rings is 1. The molecule has 1 saturated heterocycles. The number of carbonyl (C=O) groups is 3. The van der Waals surface area contributed by atoms with Crippen molar-refractivity contribution >= 4 is 17.7 Å². The van der Waals surface area contributed by atoms with Gasteiger partial charge in [-0.25, -0.2) is 5.48 Å². The zero-order valence-electron chi connectivity index (χ0n) is 16.8. The second-order valence-electron chi connectivity index (χ2n) is 6.99. The van der Waals surface area contributed by atoms with E-state index in [1.165, 1.54) is 29.4 Å². The monoisotopic (exact) mass is 428 g/mol. The Labute approximate surface area is 179 Å². The summed E-state index contributed by atoms with van der Waals surface area (Å²) in [4.78, 5) is 37.0. The van der Waals surface area contributed by atoms with Crippen molar-refractivity contribution in [2.45, 2.75) is 25.1 Å². The van der Waals surface area contributed by atoms with Crippen LogP contribution in [0.15, 0.2) is 24.3 Å². The van der Waals surface area contributed by atoms with E-state index >= 15 is 0 Å². The molecule has 10 nitrogen and oxygen atoms in total. The molecular formula is C21H24N4O6. The van der Waals surface area contributed by atoms with E-state index in [-0.39, 0.29) is 17.4 Å². The van der Waals surface area contributed by atoms with E-state index in [1.54, 1.807) is 12.1 Å². The van der Waals surface area contributed by atoms with Gasteiger partial charge in [0.05, 0.1) is 18.6 Å². The molecule has 3 amide bonds. The van der Waals surface area contributed by atoms with E-state index in [2.05, 4.69) is 29.0 Å². The first-order valence-corrected chi connectivity index (χ1v) is 9.46. The third kappa shape index (κ3) is 6.54. The number of hydrogen-bond acceptors (Lipinski definition) is 7. The van der Waals surface area contributed by atoms with Crippen molar-refractivity contribution in [2.75, 3.05) is 19.7 Å². The Morgan fingerprint density at radius 2 is 1.87 bits per heavy atom. The number of rotatable bonds is 6. The number of aliphatic hydroxyl groups is 2. The van der Waals surface area contributed by atoms with Crippen molar-refractivity contribution in [1.82, 2.24) is 15.7 Å². The molecule has 0 spiro atoms. The molecule has 3 atom stereocenters. The fraction of sp³-hybridized carbons (Fsp3) is 0.381. The van der Waals surface area contributed by atoms with Crippen LogP contribution in [0.3, 0.4) is 0 Å². The lowest BCUT2D eigenvalue weighted by Gasteiger charge is -2.37. The Bertz CT molecular complexity index is 933. The minimum Gasteiger partial charge on any atom is -0.394 e. The molecule has 1 aliphatic heterocycles.